The zero-order chi connectivity index (χ0) is 24.7. The molecule has 0 unspecified atom stereocenters. The number of nitrogens with one attached hydrogen (secondary N) is 1. The van der Waals surface area contributed by atoms with Crippen molar-refractivity contribution in [1.82, 2.24) is 4.83 Å². The number of rotatable bonds is 10. The minimum atomic E-state index is -4.02. The number of nitro groups is 1. The second-order valence-corrected chi connectivity index (χ2v) is 8.49. The summed E-state index contributed by atoms with van der Waals surface area (Å²) in [6, 6.07) is 15.9. The number of methoxy groups -OCH3 is 1. The second kappa shape index (κ2) is 10.4. The zero-order valence-corrected chi connectivity index (χ0v) is 18.7. The molecule has 0 radical (unpaired) electrons. The summed E-state index contributed by atoms with van der Waals surface area (Å²) in [5.74, 6) is 0.205. The summed E-state index contributed by atoms with van der Waals surface area (Å²) in [6.45, 7) is 0.0453. The molecule has 0 aliphatic rings. The molecule has 12 heteroatoms. The van der Waals surface area contributed by atoms with E-state index >= 15 is 0 Å². The number of ether oxygens (including phenoxy) is 2. The van der Waals surface area contributed by atoms with Gasteiger partial charge in [0, 0.05) is 17.7 Å². The summed E-state index contributed by atoms with van der Waals surface area (Å²) in [7, 11) is -2.53. The average Bonchev–Trinajstić information content (AvgIpc) is 2.83. The van der Waals surface area contributed by atoms with Crippen molar-refractivity contribution in [2.75, 3.05) is 7.11 Å². The monoisotopic (exact) mass is 484 g/mol. The van der Waals surface area contributed by atoms with Crippen molar-refractivity contribution >= 4 is 27.8 Å². The van der Waals surface area contributed by atoms with Crippen molar-refractivity contribution in [3.63, 3.8) is 0 Å². The van der Waals surface area contributed by atoms with Gasteiger partial charge in [-0.1, -0.05) is 12.1 Å². The first-order valence-electron chi connectivity index (χ1n) is 9.69. The molecular formula is C22H20N4O7S. The summed E-state index contributed by atoms with van der Waals surface area (Å²) >= 11 is 0. The van der Waals surface area contributed by atoms with Gasteiger partial charge in [0.05, 0.1) is 28.7 Å². The summed E-state index contributed by atoms with van der Waals surface area (Å²) in [6.07, 6.45) is 1.28. The third-order valence-electron chi connectivity index (χ3n) is 4.58. The van der Waals surface area contributed by atoms with Crippen molar-refractivity contribution in [2.45, 2.75) is 11.5 Å². The first-order valence-corrected chi connectivity index (χ1v) is 11.2. The van der Waals surface area contributed by atoms with Crippen LogP contribution < -0.4 is 20.0 Å². The van der Waals surface area contributed by atoms with E-state index in [-0.39, 0.29) is 22.8 Å². The molecule has 0 saturated carbocycles. The minimum absolute atomic E-state index is 0.0453. The van der Waals surface area contributed by atoms with E-state index in [0.29, 0.717) is 22.6 Å². The lowest BCUT2D eigenvalue weighted by atomic mass is 10.1. The number of para-hydroxylation sites is 1. The number of benzene rings is 3. The van der Waals surface area contributed by atoms with Gasteiger partial charge in [0.1, 0.15) is 18.1 Å². The lowest BCUT2D eigenvalue weighted by Crippen LogP contribution is -2.18. The van der Waals surface area contributed by atoms with E-state index < -0.39 is 20.9 Å². The Morgan fingerprint density at radius 3 is 2.47 bits per heavy atom. The molecule has 176 valence electrons. The van der Waals surface area contributed by atoms with Gasteiger partial charge in [-0.3, -0.25) is 14.9 Å². The number of carbonyl (C=O) groups excluding carboxylic acids is 1. The third kappa shape index (κ3) is 5.86. The minimum Gasteiger partial charge on any atom is -0.496 e. The molecule has 1 amide bonds. The molecule has 0 aliphatic heterocycles. The highest BCUT2D eigenvalue weighted by molar-refractivity contribution is 7.89. The fraction of sp³-hybridized carbons (Fsp3) is 0.0909. The lowest BCUT2D eigenvalue weighted by Gasteiger charge is -2.13. The summed E-state index contributed by atoms with van der Waals surface area (Å²) in [5, 5.41) is 14.5. The Morgan fingerprint density at radius 2 is 1.82 bits per heavy atom. The second-order valence-electron chi connectivity index (χ2n) is 6.82. The molecule has 0 bridgehead atoms. The van der Waals surface area contributed by atoms with Crippen LogP contribution in [0.2, 0.25) is 0 Å². The SMILES string of the molecule is COc1ccc(C=NNS(=O)(=O)c2ccc([N+](=O)[O-])cc2)cc1COc1ccccc1C(N)=O. The number of non-ortho nitro benzene ring substituents is 1. The molecule has 0 heterocycles. The van der Waals surface area contributed by atoms with Gasteiger partial charge >= 0.3 is 0 Å². The summed E-state index contributed by atoms with van der Waals surface area (Å²) < 4.78 is 35.8. The molecule has 0 atom stereocenters. The Bertz CT molecular complexity index is 1340. The Kier molecular flexibility index (Phi) is 7.43. The predicted molar refractivity (Wildman–Crippen MR) is 123 cm³/mol. The quantitative estimate of drug-likeness (QED) is 0.254. The highest BCUT2D eigenvalue weighted by Crippen LogP contribution is 2.24. The van der Waals surface area contributed by atoms with Gasteiger partial charge < -0.3 is 15.2 Å². The van der Waals surface area contributed by atoms with E-state index in [9.17, 15) is 23.3 Å². The Hall–Kier alpha value is -4.45. The predicted octanol–water partition coefficient (Wildman–Crippen LogP) is 2.59. The number of carbonyl (C=O) groups is 1. The number of nitrogens with zero attached hydrogens (tertiary/aromatic N) is 2. The summed E-state index contributed by atoms with van der Waals surface area (Å²) in [5.41, 5.74) is 6.53. The molecule has 0 aromatic heterocycles. The standard InChI is InChI=1S/C22H20N4O7S/c1-32-20-11-6-15(12-16(20)14-33-21-5-3-2-4-19(21)22(23)27)13-24-25-34(30,31)18-9-7-17(8-10-18)26(28)29/h2-13,25H,14H2,1H3,(H2,23,27). The molecule has 3 rings (SSSR count). The topological polar surface area (TPSA) is 163 Å². The van der Waals surface area contributed by atoms with E-state index in [1.807, 2.05) is 0 Å². The van der Waals surface area contributed by atoms with Crippen LogP contribution in [-0.2, 0) is 16.6 Å². The molecule has 3 aromatic carbocycles. The Morgan fingerprint density at radius 1 is 1.12 bits per heavy atom. The van der Waals surface area contributed by atoms with Crippen molar-refractivity contribution in [3.05, 3.63) is 93.5 Å². The maximum atomic E-state index is 12.3. The third-order valence-corrected chi connectivity index (χ3v) is 5.82. The van der Waals surface area contributed by atoms with E-state index in [2.05, 4.69) is 9.93 Å². The molecule has 0 spiro atoms. The van der Waals surface area contributed by atoms with Crippen LogP contribution in [0.5, 0.6) is 11.5 Å². The van der Waals surface area contributed by atoms with Crippen LogP contribution in [0, 0.1) is 10.1 Å². The molecule has 0 aliphatic carbocycles. The van der Waals surface area contributed by atoms with Crippen LogP contribution in [0.1, 0.15) is 21.5 Å². The highest BCUT2D eigenvalue weighted by atomic mass is 32.2. The van der Waals surface area contributed by atoms with Crippen molar-refractivity contribution in [2.24, 2.45) is 10.8 Å². The number of hydrazone groups is 1. The molecule has 11 nitrogen and oxygen atoms in total. The van der Waals surface area contributed by atoms with Crippen LogP contribution in [0.25, 0.3) is 0 Å². The van der Waals surface area contributed by atoms with Crippen LogP contribution in [-0.4, -0.2) is 32.6 Å². The average molecular weight is 484 g/mol. The number of nitro benzene ring substituents is 1. The van der Waals surface area contributed by atoms with Gasteiger partial charge in [-0.25, -0.2) is 4.83 Å². The number of hydrogen-bond acceptors (Lipinski definition) is 8. The van der Waals surface area contributed by atoms with Crippen molar-refractivity contribution < 1.29 is 27.6 Å². The first-order chi connectivity index (χ1) is 16.2. The van der Waals surface area contributed by atoms with Gasteiger partial charge in [-0.15, -0.1) is 0 Å². The fourth-order valence-electron chi connectivity index (χ4n) is 2.91. The fourth-order valence-corrected chi connectivity index (χ4v) is 3.70. The zero-order valence-electron chi connectivity index (χ0n) is 17.9. The maximum absolute atomic E-state index is 12.3. The van der Waals surface area contributed by atoms with Gasteiger partial charge in [0.2, 0.25) is 0 Å². The van der Waals surface area contributed by atoms with Crippen LogP contribution >= 0.6 is 0 Å². The van der Waals surface area contributed by atoms with Crippen LogP contribution in [0.3, 0.4) is 0 Å². The van der Waals surface area contributed by atoms with Crippen molar-refractivity contribution in [1.29, 1.82) is 0 Å². The highest BCUT2D eigenvalue weighted by Gasteiger charge is 2.15. The number of nitrogens with two attached hydrogens (primary N) is 1. The normalized spacial score (nSPS) is 11.2. The van der Waals surface area contributed by atoms with Gasteiger partial charge in [0.15, 0.2) is 0 Å². The van der Waals surface area contributed by atoms with E-state index in [4.69, 9.17) is 15.2 Å². The maximum Gasteiger partial charge on any atom is 0.276 e. The van der Waals surface area contributed by atoms with E-state index in [0.717, 1.165) is 24.3 Å². The number of sulfonamides is 1. The van der Waals surface area contributed by atoms with Gasteiger partial charge in [-0.05, 0) is 48.0 Å². The molecule has 0 fully saturated rings. The number of amides is 1. The largest absolute Gasteiger partial charge is 0.496 e. The Balaban J connectivity index is 1.74. The van der Waals surface area contributed by atoms with Crippen LogP contribution in [0.15, 0.2) is 76.7 Å². The smallest absolute Gasteiger partial charge is 0.276 e. The van der Waals surface area contributed by atoms with E-state index in [1.54, 1.807) is 42.5 Å². The Labute approximate surface area is 195 Å². The summed E-state index contributed by atoms with van der Waals surface area (Å²) in [4.78, 5) is 23.5. The lowest BCUT2D eigenvalue weighted by molar-refractivity contribution is -0.384. The first kappa shape index (κ1) is 24.2. The van der Waals surface area contributed by atoms with Crippen LogP contribution in [0.4, 0.5) is 5.69 Å². The van der Waals surface area contributed by atoms with Gasteiger partial charge in [-0.2, -0.15) is 13.5 Å². The van der Waals surface area contributed by atoms with Crippen molar-refractivity contribution in [3.8, 4) is 11.5 Å². The molecule has 3 N–H and O–H groups in total. The molecule has 3 aromatic rings. The number of hydrogen-bond donors (Lipinski definition) is 2. The van der Waals surface area contributed by atoms with E-state index in [1.165, 1.54) is 13.3 Å². The molecule has 0 saturated heterocycles. The van der Waals surface area contributed by atoms with Gasteiger partial charge in [0.25, 0.3) is 21.6 Å². The number of primary amides is 1. The molecular weight excluding hydrogens is 464 g/mol. The molecule has 34 heavy (non-hydrogen) atoms.